The second kappa shape index (κ2) is 8.53. The number of carbonyl (C=O) groups is 1. The molecule has 0 saturated carbocycles. The number of aliphatic hydroxyl groups is 1. The average molecular weight is 397 g/mol. The van der Waals surface area contributed by atoms with Crippen LogP contribution in [0.15, 0.2) is 44.8 Å². The average Bonchev–Trinajstić information content (AvgIpc) is 2.69. The van der Waals surface area contributed by atoms with Crippen LogP contribution in [0.5, 0.6) is 11.5 Å². The quantitative estimate of drug-likeness (QED) is 0.326. The lowest BCUT2D eigenvalue weighted by molar-refractivity contribution is -0.123. The van der Waals surface area contributed by atoms with E-state index >= 15 is 0 Å². The number of hydrogen-bond donors (Lipinski definition) is 3. The van der Waals surface area contributed by atoms with Crippen LogP contribution in [0.4, 0.5) is 0 Å². The minimum atomic E-state index is -0.539. The number of ether oxygens (including phenoxy) is 1. The Kier molecular flexibility index (Phi) is 5.89. The summed E-state index contributed by atoms with van der Waals surface area (Å²) in [5.74, 6) is -0.308. The molecule has 3 N–H and O–H groups in total. The van der Waals surface area contributed by atoms with Crippen molar-refractivity contribution in [2.24, 2.45) is 5.10 Å². The lowest BCUT2D eigenvalue weighted by atomic mass is 10.1. The Morgan fingerprint density at radius 3 is 2.90 bits per heavy atom. The molecule has 3 aromatic rings. The van der Waals surface area contributed by atoms with Gasteiger partial charge in [-0.15, -0.1) is 0 Å². The number of hydrazone groups is 1. The summed E-state index contributed by atoms with van der Waals surface area (Å²) in [5.41, 5.74) is 3.97. The van der Waals surface area contributed by atoms with Gasteiger partial charge in [-0.25, -0.2) is 10.2 Å². The largest absolute Gasteiger partial charge is 0.505 e. The number of aliphatic hydroxyl groups excluding tert-OH is 1. The van der Waals surface area contributed by atoms with E-state index in [0.29, 0.717) is 22.6 Å². The maximum absolute atomic E-state index is 11.9. The molecule has 2 aromatic heterocycles. The molecule has 0 bridgehead atoms. The second-order valence-corrected chi connectivity index (χ2v) is 6.28. The van der Waals surface area contributed by atoms with Gasteiger partial charge < -0.3 is 19.4 Å². The summed E-state index contributed by atoms with van der Waals surface area (Å²) in [4.78, 5) is 27.4. The summed E-state index contributed by atoms with van der Waals surface area (Å²) < 4.78 is 10.5. The Labute approximate surface area is 165 Å². The van der Waals surface area contributed by atoms with Crippen molar-refractivity contribution in [1.29, 1.82) is 0 Å². The highest BCUT2D eigenvalue weighted by Gasteiger charge is 2.10. The number of aromatic hydroxyl groups is 1. The molecule has 0 unspecified atom stereocenters. The van der Waals surface area contributed by atoms with E-state index in [0.717, 1.165) is 10.9 Å². The van der Waals surface area contributed by atoms with Crippen LogP contribution >= 0.6 is 0 Å². The first kappa shape index (κ1) is 20.0. The number of hydrogen-bond acceptors (Lipinski definition) is 8. The van der Waals surface area contributed by atoms with Gasteiger partial charge in [0, 0.05) is 34.8 Å². The summed E-state index contributed by atoms with van der Waals surface area (Å²) in [5, 5.41) is 23.9. The highest BCUT2D eigenvalue weighted by Crippen LogP contribution is 2.23. The van der Waals surface area contributed by atoms with Gasteiger partial charge in [0.05, 0.1) is 18.5 Å². The van der Waals surface area contributed by atoms with Crippen LogP contribution in [0.3, 0.4) is 0 Å². The van der Waals surface area contributed by atoms with Crippen LogP contribution in [-0.2, 0) is 11.4 Å². The van der Waals surface area contributed by atoms with Crippen molar-refractivity contribution in [2.45, 2.75) is 20.5 Å². The summed E-state index contributed by atoms with van der Waals surface area (Å²) in [6.07, 6.45) is 2.64. The Morgan fingerprint density at radius 2 is 2.14 bits per heavy atom. The van der Waals surface area contributed by atoms with Crippen molar-refractivity contribution >= 4 is 23.1 Å². The molecule has 0 fully saturated rings. The molecule has 2 heterocycles. The molecule has 1 amide bonds. The van der Waals surface area contributed by atoms with E-state index in [9.17, 15) is 19.8 Å². The summed E-state index contributed by atoms with van der Waals surface area (Å²) in [7, 11) is 0. The molecule has 9 nitrogen and oxygen atoms in total. The minimum Gasteiger partial charge on any atom is -0.505 e. The van der Waals surface area contributed by atoms with E-state index in [1.165, 1.54) is 24.5 Å². The number of nitrogens with zero attached hydrogens (tertiary/aromatic N) is 2. The van der Waals surface area contributed by atoms with Gasteiger partial charge in [0.1, 0.15) is 17.1 Å². The third-order valence-corrected chi connectivity index (χ3v) is 4.20. The van der Waals surface area contributed by atoms with Crippen LogP contribution in [0.2, 0.25) is 0 Å². The molecule has 3 rings (SSSR count). The first-order valence-corrected chi connectivity index (χ1v) is 8.66. The molecular weight excluding hydrogens is 378 g/mol. The molecule has 0 spiro atoms. The zero-order valence-corrected chi connectivity index (χ0v) is 15.8. The Morgan fingerprint density at radius 1 is 1.34 bits per heavy atom. The van der Waals surface area contributed by atoms with Crippen LogP contribution in [0.1, 0.15) is 22.4 Å². The van der Waals surface area contributed by atoms with Gasteiger partial charge in [-0.1, -0.05) is 0 Å². The monoisotopic (exact) mass is 397 g/mol. The maximum Gasteiger partial charge on any atom is 0.336 e. The minimum absolute atomic E-state index is 0.126. The predicted octanol–water partition coefficient (Wildman–Crippen LogP) is 1.53. The lowest BCUT2D eigenvalue weighted by Gasteiger charge is -2.08. The molecule has 0 aliphatic heterocycles. The zero-order valence-electron chi connectivity index (χ0n) is 15.8. The fourth-order valence-corrected chi connectivity index (χ4v) is 2.67. The Balaban J connectivity index is 1.64. The van der Waals surface area contributed by atoms with Crippen LogP contribution in [-0.4, -0.2) is 33.9 Å². The standard InChI is InChI=1S/C20H19N3O6/c1-11-5-19(26)29-17-6-14(3-4-15(11)17)28-10-18(25)23-22-8-16-13(9-24)7-21-12(2)20(16)27/h3-8,24,27H,9-10H2,1-2H3,(H,23,25)/b22-8+. The predicted molar refractivity (Wildman–Crippen MR) is 105 cm³/mol. The number of fused-ring (bicyclic) bond motifs is 1. The number of nitrogens with one attached hydrogen (secondary N) is 1. The van der Waals surface area contributed by atoms with E-state index in [1.807, 2.05) is 0 Å². The van der Waals surface area contributed by atoms with E-state index < -0.39 is 11.5 Å². The number of benzene rings is 1. The number of aromatic nitrogens is 1. The van der Waals surface area contributed by atoms with E-state index in [-0.39, 0.29) is 24.5 Å². The van der Waals surface area contributed by atoms with Crippen molar-refractivity contribution in [2.75, 3.05) is 6.61 Å². The van der Waals surface area contributed by atoms with Gasteiger partial charge >= 0.3 is 5.63 Å². The van der Waals surface area contributed by atoms with Crippen molar-refractivity contribution in [3.8, 4) is 11.5 Å². The Hall–Kier alpha value is -3.72. The van der Waals surface area contributed by atoms with Gasteiger partial charge in [-0.05, 0) is 31.5 Å². The summed E-state index contributed by atoms with van der Waals surface area (Å²) in [6.45, 7) is 2.74. The number of pyridine rings is 1. The summed E-state index contributed by atoms with van der Waals surface area (Å²) >= 11 is 0. The molecule has 9 heteroatoms. The Bertz CT molecular complexity index is 1150. The van der Waals surface area contributed by atoms with Crippen LogP contribution in [0, 0.1) is 13.8 Å². The topological polar surface area (TPSA) is 134 Å². The third-order valence-electron chi connectivity index (χ3n) is 4.20. The molecule has 0 aliphatic rings. The van der Waals surface area contributed by atoms with Crippen LogP contribution in [0.25, 0.3) is 11.0 Å². The third kappa shape index (κ3) is 4.58. The highest BCUT2D eigenvalue weighted by atomic mass is 16.5. The van der Waals surface area contributed by atoms with E-state index in [4.69, 9.17) is 9.15 Å². The van der Waals surface area contributed by atoms with Gasteiger partial charge in [-0.3, -0.25) is 9.78 Å². The van der Waals surface area contributed by atoms with E-state index in [2.05, 4.69) is 15.5 Å². The lowest BCUT2D eigenvalue weighted by Crippen LogP contribution is -2.24. The fraction of sp³-hybridized carbons (Fsp3) is 0.200. The number of rotatable bonds is 6. The molecule has 1 aromatic carbocycles. The van der Waals surface area contributed by atoms with E-state index in [1.54, 1.807) is 26.0 Å². The molecule has 0 saturated heterocycles. The van der Waals surface area contributed by atoms with Crippen molar-refractivity contribution < 1.29 is 24.2 Å². The number of aryl methyl sites for hydroxylation is 2. The fourth-order valence-electron chi connectivity index (χ4n) is 2.67. The second-order valence-electron chi connectivity index (χ2n) is 6.28. The van der Waals surface area contributed by atoms with Crippen LogP contribution < -0.4 is 15.8 Å². The molecular formula is C20H19N3O6. The number of carbonyl (C=O) groups excluding carboxylic acids is 1. The van der Waals surface area contributed by atoms with Gasteiger partial charge in [0.2, 0.25) is 0 Å². The summed E-state index contributed by atoms with van der Waals surface area (Å²) in [6, 6.07) is 6.34. The smallest absolute Gasteiger partial charge is 0.336 e. The normalized spacial score (nSPS) is 11.1. The first-order valence-electron chi connectivity index (χ1n) is 8.66. The molecule has 29 heavy (non-hydrogen) atoms. The van der Waals surface area contributed by atoms with Crippen molar-refractivity contribution in [3.63, 3.8) is 0 Å². The van der Waals surface area contributed by atoms with Crippen molar-refractivity contribution in [3.05, 3.63) is 63.3 Å². The van der Waals surface area contributed by atoms with Crippen molar-refractivity contribution in [1.82, 2.24) is 10.4 Å². The highest BCUT2D eigenvalue weighted by molar-refractivity contribution is 5.87. The zero-order chi connectivity index (χ0) is 21.0. The number of amides is 1. The maximum atomic E-state index is 11.9. The first-order chi connectivity index (χ1) is 13.9. The van der Waals surface area contributed by atoms with Gasteiger partial charge in [-0.2, -0.15) is 5.10 Å². The molecule has 0 radical (unpaired) electrons. The molecule has 0 aliphatic carbocycles. The molecule has 0 atom stereocenters. The van der Waals surface area contributed by atoms with Gasteiger partial charge in [0.25, 0.3) is 5.91 Å². The van der Waals surface area contributed by atoms with Gasteiger partial charge in [0.15, 0.2) is 6.61 Å². The molecule has 150 valence electrons. The SMILES string of the molecule is Cc1ncc(CO)c(/C=N/NC(=O)COc2ccc3c(C)cc(=O)oc3c2)c1O.